The molecule has 0 spiro atoms. The van der Waals surface area contributed by atoms with E-state index in [9.17, 15) is 4.79 Å². The number of nitrogens with zero attached hydrogens (tertiary/aromatic N) is 2. The second kappa shape index (κ2) is 10.2. The molecular weight excluding hydrogens is 418 g/mol. The maximum atomic E-state index is 12.5. The van der Waals surface area contributed by atoms with Crippen molar-refractivity contribution in [2.45, 2.75) is 43.2 Å². The van der Waals surface area contributed by atoms with Gasteiger partial charge in [-0.2, -0.15) is 0 Å². The lowest BCUT2D eigenvalue weighted by Crippen LogP contribution is -2.48. The minimum atomic E-state index is -0.229. The topological polar surface area (TPSA) is 59.6 Å². The van der Waals surface area contributed by atoms with Crippen molar-refractivity contribution in [2.24, 2.45) is 5.92 Å². The molecule has 3 rings (SSSR count). The van der Waals surface area contributed by atoms with E-state index >= 15 is 0 Å². The van der Waals surface area contributed by atoms with Gasteiger partial charge >= 0.3 is 0 Å². The van der Waals surface area contributed by atoms with Crippen LogP contribution in [0.4, 0.5) is 0 Å². The van der Waals surface area contributed by atoms with Crippen LogP contribution in [0.1, 0.15) is 31.9 Å². The van der Waals surface area contributed by atoms with Crippen molar-refractivity contribution in [1.82, 2.24) is 26.0 Å². The van der Waals surface area contributed by atoms with Crippen LogP contribution in [0.15, 0.2) is 30.3 Å². The van der Waals surface area contributed by atoms with Crippen LogP contribution in [-0.2, 0) is 4.79 Å². The number of hydrogen-bond acceptors (Lipinski definition) is 5. The number of rotatable bonds is 7. The number of piperazine rings is 1. The average Bonchev–Trinajstić information content (AvgIpc) is 3.08. The number of carbonyl (C=O) groups excluding carboxylic acids is 1. The number of amides is 1. The SMILES string of the molecule is CC(C)C1NNC(C(=O)NCCCN2CCN(C)CC2c2ccccc2)C1Br. The van der Waals surface area contributed by atoms with Crippen LogP contribution in [0.25, 0.3) is 0 Å². The highest BCUT2D eigenvalue weighted by Crippen LogP contribution is 2.25. The molecule has 6 nitrogen and oxygen atoms in total. The molecule has 7 heteroatoms. The van der Waals surface area contributed by atoms with Crippen molar-refractivity contribution in [1.29, 1.82) is 0 Å². The van der Waals surface area contributed by atoms with E-state index in [1.807, 2.05) is 0 Å². The Labute approximate surface area is 177 Å². The standard InChI is InChI=1S/C21H34BrN5O/c1-15(2)19-18(22)20(25-24-19)21(28)23-10-7-11-27-13-12-26(3)14-17(27)16-8-5-4-6-9-16/h4-6,8-9,15,17-20,24-25H,7,10-14H2,1-3H3,(H,23,28). The Hall–Kier alpha value is -0.990. The Kier molecular flexibility index (Phi) is 7.88. The van der Waals surface area contributed by atoms with Gasteiger partial charge in [0.1, 0.15) is 6.04 Å². The zero-order valence-electron chi connectivity index (χ0n) is 17.2. The van der Waals surface area contributed by atoms with Gasteiger partial charge in [-0.15, -0.1) is 0 Å². The third-order valence-electron chi connectivity index (χ3n) is 5.87. The molecule has 28 heavy (non-hydrogen) atoms. The molecule has 156 valence electrons. The van der Waals surface area contributed by atoms with Gasteiger partial charge in [0.25, 0.3) is 0 Å². The zero-order valence-corrected chi connectivity index (χ0v) is 18.8. The van der Waals surface area contributed by atoms with E-state index in [2.05, 4.69) is 93.1 Å². The van der Waals surface area contributed by atoms with Gasteiger partial charge in [-0.3, -0.25) is 15.1 Å². The van der Waals surface area contributed by atoms with E-state index in [-0.39, 0.29) is 22.8 Å². The van der Waals surface area contributed by atoms with Crippen LogP contribution in [0.2, 0.25) is 0 Å². The van der Waals surface area contributed by atoms with Crippen LogP contribution in [0.3, 0.4) is 0 Å². The van der Waals surface area contributed by atoms with Crippen LogP contribution in [0.5, 0.6) is 0 Å². The maximum absolute atomic E-state index is 12.5. The number of hydrazine groups is 1. The van der Waals surface area contributed by atoms with Gasteiger partial charge in [-0.05, 0) is 24.9 Å². The number of halogens is 1. The van der Waals surface area contributed by atoms with Crippen molar-refractivity contribution >= 4 is 21.8 Å². The van der Waals surface area contributed by atoms with Crippen LogP contribution < -0.4 is 16.2 Å². The first-order chi connectivity index (χ1) is 13.5. The molecule has 1 amide bonds. The van der Waals surface area contributed by atoms with Crippen molar-refractivity contribution in [3.63, 3.8) is 0 Å². The third-order valence-corrected chi connectivity index (χ3v) is 6.97. The van der Waals surface area contributed by atoms with Gasteiger partial charge < -0.3 is 10.2 Å². The summed E-state index contributed by atoms with van der Waals surface area (Å²) < 4.78 is 0. The second-order valence-corrected chi connectivity index (χ2v) is 9.41. The Balaban J connectivity index is 1.46. The van der Waals surface area contributed by atoms with Crippen LogP contribution >= 0.6 is 15.9 Å². The molecule has 0 radical (unpaired) electrons. The molecule has 3 N–H and O–H groups in total. The summed E-state index contributed by atoms with van der Waals surface area (Å²) in [6.45, 7) is 9.23. The first-order valence-corrected chi connectivity index (χ1v) is 11.3. The first-order valence-electron chi connectivity index (χ1n) is 10.4. The highest BCUT2D eigenvalue weighted by Gasteiger charge is 2.39. The summed E-state index contributed by atoms with van der Waals surface area (Å²) in [4.78, 5) is 17.6. The highest BCUT2D eigenvalue weighted by atomic mass is 79.9. The maximum Gasteiger partial charge on any atom is 0.239 e. The van der Waals surface area contributed by atoms with E-state index in [0.717, 1.165) is 32.6 Å². The Morgan fingerprint density at radius 1 is 1.25 bits per heavy atom. The van der Waals surface area contributed by atoms with Crippen molar-refractivity contribution in [3.05, 3.63) is 35.9 Å². The average molecular weight is 452 g/mol. The Bertz CT molecular complexity index is 628. The molecule has 2 aliphatic rings. The lowest BCUT2D eigenvalue weighted by molar-refractivity contribution is -0.122. The van der Waals surface area contributed by atoms with E-state index < -0.39 is 0 Å². The molecule has 0 saturated carbocycles. The van der Waals surface area contributed by atoms with E-state index in [4.69, 9.17) is 0 Å². The van der Waals surface area contributed by atoms with Crippen LogP contribution in [0, 0.1) is 5.92 Å². The molecule has 1 aromatic rings. The summed E-state index contributed by atoms with van der Waals surface area (Å²) in [5, 5.41) is 3.11. The molecule has 2 fully saturated rings. The second-order valence-electron chi connectivity index (χ2n) is 8.35. The number of alkyl halides is 1. The molecule has 4 unspecified atom stereocenters. The molecule has 0 aromatic heterocycles. The smallest absolute Gasteiger partial charge is 0.239 e. The van der Waals surface area contributed by atoms with Gasteiger partial charge in [0.15, 0.2) is 0 Å². The Morgan fingerprint density at radius 2 is 2.00 bits per heavy atom. The first kappa shape index (κ1) is 21.7. The van der Waals surface area contributed by atoms with Gasteiger partial charge in [-0.25, -0.2) is 5.43 Å². The largest absolute Gasteiger partial charge is 0.355 e. The predicted molar refractivity (Wildman–Crippen MR) is 117 cm³/mol. The minimum absolute atomic E-state index is 0.0653. The Morgan fingerprint density at radius 3 is 2.68 bits per heavy atom. The van der Waals surface area contributed by atoms with Gasteiger partial charge in [0.05, 0.1) is 4.83 Å². The molecule has 0 bridgehead atoms. The van der Waals surface area contributed by atoms with Gasteiger partial charge in [-0.1, -0.05) is 60.1 Å². The fraction of sp³-hybridized carbons (Fsp3) is 0.667. The third kappa shape index (κ3) is 5.33. The van der Waals surface area contributed by atoms with Gasteiger partial charge in [0, 0.05) is 44.8 Å². The summed E-state index contributed by atoms with van der Waals surface area (Å²) in [6, 6.07) is 11.2. The lowest BCUT2D eigenvalue weighted by atomic mass is 9.99. The highest BCUT2D eigenvalue weighted by molar-refractivity contribution is 9.09. The molecule has 2 heterocycles. The summed E-state index contributed by atoms with van der Waals surface area (Å²) in [5.41, 5.74) is 7.75. The fourth-order valence-corrected chi connectivity index (χ4v) is 5.23. The number of nitrogens with one attached hydrogen (secondary N) is 3. The minimum Gasteiger partial charge on any atom is -0.355 e. The molecule has 2 aliphatic heterocycles. The number of hydrogen-bond donors (Lipinski definition) is 3. The molecule has 4 atom stereocenters. The fourth-order valence-electron chi connectivity index (χ4n) is 4.12. The summed E-state index contributed by atoms with van der Waals surface area (Å²) >= 11 is 3.68. The molecular formula is C21H34BrN5O. The van der Waals surface area contributed by atoms with E-state index in [1.165, 1.54) is 5.56 Å². The van der Waals surface area contributed by atoms with Gasteiger partial charge in [0.2, 0.25) is 5.91 Å². The van der Waals surface area contributed by atoms with Crippen molar-refractivity contribution in [3.8, 4) is 0 Å². The number of likely N-dealkylation sites (N-methyl/N-ethyl adjacent to an activating group) is 1. The van der Waals surface area contributed by atoms with Crippen molar-refractivity contribution in [2.75, 3.05) is 39.8 Å². The summed E-state index contributed by atoms with van der Waals surface area (Å²) in [7, 11) is 2.19. The normalized spacial score (nSPS) is 29.3. The number of carbonyl (C=O) groups is 1. The zero-order chi connectivity index (χ0) is 20.1. The number of benzene rings is 1. The van der Waals surface area contributed by atoms with E-state index in [1.54, 1.807) is 0 Å². The molecule has 0 aliphatic carbocycles. The molecule has 2 saturated heterocycles. The lowest BCUT2D eigenvalue weighted by Gasteiger charge is -2.40. The van der Waals surface area contributed by atoms with Crippen molar-refractivity contribution < 1.29 is 4.79 Å². The van der Waals surface area contributed by atoms with Crippen LogP contribution in [-0.4, -0.2) is 72.4 Å². The summed E-state index contributed by atoms with van der Waals surface area (Å²) in [5.74, 6) is 0.525. The quantitative estimate of drug-likeness (QED) is 0.435. The predicted octanol–water partition coefficient (Wildman–Crippen LogP) is 1.75. The molecule has 1 aromatic carbocycles. The van der Waals surface area contributed by atoms with E-state index in [0.29, 0.717) is 18.5 Å². The summed E-state index contributed by atoms with van der Waals surface area (Å²) in [6.07, 6.45) is 0.958. The monoisotopic (exact) mass is 451 g/mol.